The highest BCUT2D eigenvalue weighted by atomic mass is 16.5. The van der Waals surface area contributed by atoms with Gasteiger partial charge >= 0.3 is 0 Å². The lowest BCUT2D eigenvalue weighted by Crippen LogP contribution is -2.33. The lowest BCUT2D eigenvalue weighted by atomic mass is 10.1. The van der Waals surface area contributed by atoms with Crippen LogP contribution in [0.1, 0.15) is 6.92 Å². The van der Waals surface area contributed by atoms with Crippen molar-refractivity contribution in [2.45, 2.75) is 31.3 Å². The molecule has 1 fully saturated rings. The number of hydrogen-bond donors (Lipinski definition) is 3. The van der Waals surface area contributed by atoms with Crippen LogP contribution < -0.4 is 0 Å². The van der Waals surface area contributed by atoms with Crippen LogP contribution in [0.5, 0.6) is 0 Å². The summed E-state index contributed by atoms with van der Waals surface area (Å²) in [4.78, 5) is 0. The fourth-order valence-electron chi connectivity index (χ4n) is 1.09. The van der Waals surface area contributed by atoms with Crippen LogP contribution in [-0.4, -0.2) is 46.3 Å². The van der Waals surface area contributed by atoms with Gasteiger partial charge in [0, 0.05) is 0 Å². The predicted octanol–water partition coefficient (Wildman–Crippen LogP) is -1.51. The van der Waals surface area contributed by atoms with E-state index in [2.05, 4.69) is 0 Å². The van der Waals surface area contributed by atoms with Crippen molar-refractivity contribution in [2.75, 3.05) is 6.61 Å². The topological polar surface area (TPSA) is 69.9 Å². The van der Waals surface area contributed by atoms with Gasteiger partial charge in [-0.15, -0.1) is 0 Å². The van der Waals surface area contributed by atoms with E-state index in [9.17, 15) is 0 Å². The molecule has 1 aliphatic heterocycles. The second-order valence-corrected chi connectivity index (χ2v) is 2.54. The van der Waals surface area contributed by atoms with Crippen molar-refractivity contribution in [3.05, 3.63) is 0 Å². The Morgan fingerprint density at radius 1 is 1.30 bits per heavy atom. The average molecular weight is 148 g/mol. The third kappa shape index (κ3) is 1.15. The normalized spacial score (nSPS) is 48.0. The number of rotatable bonds is 1. The highest BCUT2D eigenvalue weighted by Gasteiger charge is 2.39. The predicted molar refractivity (Wildman–Crippen MR) is 33.4 cm³/mol. The maximum Gasteiger partial charge on any atom is 0.111 e. The van der Waals surface area contributed by atoms with E-state index in [-0.39, 0.29) is 12.7 Å². The third-order valence-electron chi connectivity index (χ3n) is 1.78. The summed E-state index contributed by atoms with van der Waals surface area (Å²) < 4.78 is 4.98. The molecule has 2 unspecified atom stereocenters. The highest BCUT2D eigenvalue weighted by Crippen LogP contribution is 2.19. The fraction of sp³-hybridized carbons (Fsp3) is 1.00. The van der Waals surface area contributed by atoms with Crippen molar-refractivity contribution in [2.24, 2.45) is 0 Å². The Balaban J connectivity index is 2.53. The Morgan fingerprint density at radius 2 is 1.90 bits per heavy atom. The van der Waals surface area contributed by atoms with Gasteiger partial charge in [-0.05, 0) is 6.92 Å². The second-order valence-electron chi connectivity index (χ2n) is 2.54. The summed E-state index contributed by atoms with van der Waals surface area (Å²) in [6.07, 6.45) is -2.81. The molecule has 1 heterocycles. The Morgan fingerprint density at radius 3 is 2.10 bits per heavy atom. The first-order valence-electron chi connectivity index (χ1n) is 3.29. The van der Waals surface area contributed by atoms with Crippen molar-refractivity contribution >= 4 is 0 Å². The molecule has 0 aromatic carbocycles. The summed E-state index contributed by atoms with van der Waals surface area (Å²) in [6.45, 7) is 1.41. The van der Waals surface area contributed by atoms with Crippen LogP contribution in [0.15, 0.2) is 0 Å². The standard InChI is InChI=1S/C6H12O4/c1-3-5(8)6(9)4(2-7)10-3/h3-9H,2H2,1H3/t3-,4+,5?,6?/m0/s1. The molecule has 0 aromatic heterocycles. The minimum absolute atomic E-state index is 0.247. The molecule has 1 aliphatic rings. The maximum absolute atomic E-state index is 9.09. The lowest BCUT2D eigenvalue weighted by Gasteiger charge is -2.10. The number of hydrogen-bond acceptors (Lipinski definition) is 4. The molecule has 1 saturated heterocycles. The molecule has 0 amide bonds. The van der Waals surface area contributed by atoms with Gasteiger partial charge in [-0.1, -0.05) is 0 Å². The number of aliphatic hydroxyl groups excluding tert-OH is 3. The Bertz CT molecular complexity index is 116. The smallest absolute Gasteiger partial charge is 0.111 e. The molecule has 10 heavy (non-hydrogen) atoms. The number of ether oxygens (including phenoxy) is 1. The van der Waals surface area contributed by atoms with E-state index in [4.69, 9.17) is 20.1 Å². The quantitative estimate of drug-likeness (QED) is 0.422. The van der Waals surface area contributed by atoms with Gasteiger partial charge < -0.3 is 20.1 Å². The first-order chi connectivity index (χ1) is 4.66. The van der Waals surface area contributed by atoms with Crippen LogP contribution >= 0.6 is 0 Å². The molecule has 0 bridgehead atoms. The average Bonchev–Trinajstić information content (AvgIpc) is 2.17. The van der Waals surface area contributed by atoms with Crippen LogP contribution in [0.4, 0.5) is 0 Å². The van der Waals surface area contributed by atoms with E-state index in [1.54, 1.807) is 6.92 Å². The molecular formula is C6H12O4. The first kappa shape index (κ1) is 7.94. The van der Waals surface area contributed by atoms with E-state index in [0.29, 0.717) is 0 Å². The molecule has 1 rings (SSSR count). The minimum Gasteiger partial charge on any atom is -0.394 e. The van der Waals surface area contributed by atoms with Gasteiger partial charge in [0.2, 0.25) is 0 Å². The molecule has 60 valence electrons. The summed E-state index contributed by atoms with van der Waals surface area (Å²) in [5.41, 5.74) is 0. The molecule has 4 nitrogen and oxygen atoms in total. The molecule has 4 heteroatoms. The van der Waals surface area contributed by atoms with Crippen LogP contribution in [0, 0.1) is 0 Å². The Labute approximate surface area is 59.1 Å². The molecule has 0 aliphatic carbocycles. The van der Waals surface area contributed by atoms with E-state index in [1.165, 1.54) is 0 Å². The summed E-state index contributed by atoms with van der Waals surface area (Å²) in [7, 11) is 0. The monoisotopic (exact) mass is 148 g/mol. The van der Waals surface area contributed by atoms with Gasteiger partial charge in [-0.25, -0.2) is 0 Å². The molecule has 0 saturated carbocycles. The molecule has 0 radical (unpaired) electrons. The molecule has 4 atom stereocenters. The van der Waals surface area contributed by atoms with Gasteiger partial charge in [0.1, 0.15) is 18.3 Å². The van der Waals surface area contributed by atoms with Gasteiger partial charge in [0.15, 0.2) is 0 Å². The van der Waals surface area contributed by atoms with Gasteiger partial charge in [-0.3, -0.25) is 0 Å². The maximum atomic E-state index is 9.09. The van der Waals surface area contributed by atoms with Crippen molar-refractivity contribution in [1.82, 2.24) is 0 Å². The molecular weight excluding hydrogens is 136 g/mol. The van der Waals surface area contributed by atoms with E-state index in [1.807, 2.05) is 0 Å². The van der Waals surface area contributed by atoms with E-state index >= 15 is 0 Å². The summed E-state index contributed by atoms with van der Waals surface area (Å²) >= 11 is 0. The zero-order chi connectivity index (χ0) is 7.72. The van der Waals surface area contributed by atoms with Crippen LogP contribution in [0.3, 0.4) is 0 Å². The van der Waals surface area contributed by atoms with Crippen molar-refractivity contribution in [3.8, 4) is 0 Å². The second kappa shape index (κ2) is 2.84. The van der Waals surface area contributed by atoms with Crippen molar-refractivity contribution in [1.29, 1.82) is 0 Å². The van der Waals surface area contributed by atoms with E-state index < -0.39 is 18.3 Å². The van der Waals surface area contributed by atoms with Crippen molar-refractivity contribution < 1.29 is 20.1 Å². The van der Waals surface area contributed by atoms with Crippen molar-refractivity contribution in [3.63, 3.8) is 0 Å². The summed E-state index contributed by atoms with van der Waals surface area (Å²) in [5, 5.41) is 26.8. The minimum atomic E-state index is -0.944. The lowest BCUT2D eigenvalue weighted by molar-refractivity contribution is -0.0171. The zero-order valence-electron chi connectivity index (χ0n) is 5.77. The fourth-order valence-corrected chi connectivity index (χ4v) is 1.09. The molecule has 3 N–H and O–H groups in total. The van der Waals surface area contributed by atoms with Crippen LogP contribution in [0.25, 0.3) is 0 Å². The molecule has 0 aromatic rings. The van der Waals surface area contributed by atoms with Gasteiger partial charge in [0.05, 0.1) is 12.7 Å². The largest absolute Gasteiger partial charge is 0.394 e. The Kier molecular flexibility index (Phi) is 2.25. The summed E-state index contributed by atoms with van der Waals surface area (Å²) in [5.74, 6) is 0. The third-order valence-corrected chi connectivity index (χ3v) is 1.78. The number of aliphatic hydroxyl groups is 3. The highest BCUT2D eigenvalue weighted by molar-refractivity contribution is 4.87. The van der Waals surface area contributed by atoms with Crippen LogP contribution in [-0.2, 0) is 4.74 Å². The van der Waals surface area contributed by atoms with Crippen LogP contribution in [0.2, 0.25) is 0 Å². The summed E-state index contributed by atoms with van der Waals surface area (Å²) in [6, 6.07) is 0. The van der Waals surface area contributed by atoms with Gasteiger partial charge in [-0.2, -0.15) is 0 Å². The first-order valence-corrected chi connectivity index (χ1v) is 3.29. The Hall–Kier alpha value is -0.160. The van der Waals surface area contributed by atoms with E-state index in [0.717, 1.165) is 0 Å². The zero-order valence-corrected chi connectivity index (χ0v) is 5.77. The van der Waals surface area contributed by atoms with Gasteiger partial charge in [0.25, 0.3) is 0 Å². The molecule has 0 spiro atoms. The SMILES string of the molecule is C[C@@H]1O[C@H](CO)C(O)C1O.